The summed E-state index contributed by atoms with van der Waals surface area (Å²) in [5, 5.41) is 17.6. The van der Waals surface area contributed by atoms with Crippen molar-refractivity contribution < 1.29 is 9.47 Å². The number of methoxy groups -OCH3 is 1. The Morgan fingerprint density at radius 1 is 1.26 bits per heavy atom. The maximum atomic E-state index is 9.03. The number of rotatable bonds is 5. The largest absolute Gasteiger partial charge is 0.497 e. The van der Waals surface area contributed by atoms with Crippen LogP contribution in [0.15, 0.2) is 54.7 Å². The quantitative estimate of drug-likeness (QED) is 0.695. The Morgan fingerprint density at radius 2 is 2.11 bits per heavy atom. The smallest absolute Gasteiger partial charge is 0.177 e. The van der Waals surface area contributed by atoms with Crippen molar-refractivity contribution in [2.45, 2.75) is 12.8 Å². The molecule has 7 nitrogen and oxygen atoms in total. The fraction of sp³-hybridized carbons (Fsp3) is 0.250. The second-order valence-electron chi connectivity index (χ2n) is 6.27. The Hall–Kier alpha value is -3.37. The van der Waals surface area contributed by atoms with E-state index >= 15 is 0 Å². The normalized spacial score (nSPS) is 16.3. The lowest BCUT2D eigenvalue weighted by atomic mass is 10.1. The molecule has 1 fully saturated rings. The predicted octanol–water partition coefficient (Wildman–Crippen LogP) is 2.74. The van der Waals surface area contributed by atoms with Gasteiger partial charge in [-0.3, -0.25) is 0 Å². The molecular formula is C20H19N5O2. The second-order valence-corrected chi connectivity index (χ2v) is 6.27. The Kier molecular flexibility index (Phi) is 4.73. The second kappa shape index (κ2) is 7.48. The molecule has 1 aliphatic heterocycles. The van der Waals surface area contributed by atoms with Crippen molar-refractivity contribution in [1.82, 2.24) is 15.0 Å². The molecule has 0 spiro atoms. The minimum atomic E-state index is -0.266. The molecule has 136 valence electrons. The van der Waals surface area contributed by atoms with Crippen LogP contribution in [0.5, 0.6) is 5.75 Å². The van der Waals surface area contributed by atoms with Crippen molar-refractivity contribution in [3.8, 4) is 11.8 Å². The van der Waals surface area contributed by atoms with E-state index in [0.29, 0.717) is 18.7 Å². The van der Waals surface area contributed by atoms with Crippen molar-refractivity contribution in [3.05, 3.63) is 71.5 Å². The Morgan fingerprint density at radius 3 is 2.89 bits per heavy atom. The van der Waals surface area contributed by atoms with Crippen LogP contribution in [0, 0.1) is 11.3 Å². The van der Waals surface area contributed by atoms with E-state index in [9.17, 15) is 0 Å². The van der Waals surface area contributed by atoms with Gasteiger partial charge in [0, 0.05) is 12.2 Å². The molecule has 7 heteroatoms. The molecule has 0 aliphatic carbocycles. The molecule has 0 radical (unpaired) electrons. The van der Waals surface area contributed by atoms with E-state index in [4.69, 9.17) is 14.7 Å². The maximum absolute atomic E-state index is 9.03. The zero-order chi connectivity index (χ0) is 18.6. The van der Waals surface area contributed by atoms with Gasteiger partial charge in [-0.2, -0.15) is 5.26 Å². The molecule has 4 rings (SSSR count). The van der Waals surface area contributed by atoms with Crippen LogP contribution in [0.25, 0.3) is 0 Å². The number of aromatic nitrogens is 3. The molecule has 0 bridgehead atoms. The third kappa shape index (κ3) is 3.61. The summed E-state index contributed by atoms with van der Waals surface area (Å²) in [4.78, 5) is 2.16. The fourth-order valence-electron chi connectivity index (χ4n) is 3.18. The average molecular weight is 361 g/mol. The molecule has 27 heavy (non-hydrogen) atoms. The van der Waals surface area contributed by atoms with Crippen molar-refractivity contribution in [2.24, 2.45) is 0 Å². The highest BCUT2D eigenvalue weighted by molar-refractivity contribution is 5.50. The van der Waals surface area contributed by atoms with Gasteiger partial charge in [-0.1, -0.05) is 17.3 Å². The van der Waals surface area contributed by atoms with Gasteiger partial charge in [0.1, 0.15) is 11.4 Å². The van der Waals surface area contributed by atoms with Crippen molar-refractivity contribution in [1.29, 1.82) is 5.26 Å². The maximum Gasteiger partial charge on any atom is 0.177 e. The Labute approximate surface area is 157 Å². The summed E-state index contributed by atoms with van der Waals surface area (Å²) in [6.07, 6.45) is 1.63. The van der Waals surface area contributed by atoms with E-state index in [1.807, 2.05) is 48.7 Å². The highest BCUT2D eigenvalue weighted by atomic mass is 16.5. The van der Waals surface area contributed by atoms with Gasteiger partial charge in [0.05, 0.1) is 38.1 Å². The summed E-state index contributed by atoms with van der Waals surface area (Å²) in [6.45, 7) is 1.97. The molecule has 2 heterocycles. The van der Waals surface area contributed by atoms with Gasteiger partial charge >= 0.3 is 0 Å². The van der Waals surface area contributed by atoms with Crippen LogP contribution in [-0.4, -0.2) is 35.3 Å². The Balaban J connectivity index is 1.52. The highest BCUT2D eigenvalue weighted by Crippen LogP contribution is 2.32. The van der Waals surface area contributed by atoms with Crippen LogP contribution >= 0.6 is 0 Å². The predicted molar refractivity (Wildman–Crippen MR) is 99.3 cm³/mol. The van der Waals surface area contributed by atoms with Gasteiger partial charge in [-0.25, -0.2) is 4.68 Å². The van der Waals surface area contributed by atoms with Crippen LogP contribution in [0.4, 0.5) is 5.69 Å². The number of anilines is 1. The summed E-state index contributed by atoms with van der Waals surface area (Å²) in [5.74, 6) is 0.820. The van der Waals surface area contributed by atoms with Crippen LogP contribution < -0.4 is 9.64 Å². The van der Waals surface area contributed by atoms with E-state index < -0.39 is 0 Å². The van der Waals surface area contributed by atoms with Crippen LogP contribution in [0.1, 0.15) is 23.0 Å². The van der Waals surface area contributed by atoms with Gasteiger partial charge in [-0.05, 0) is 42.0 Å². The van der Waals surface area contributed by atoms with Gasteiger partial charge in [-0.15, -0.1) is 5.10 Å². The first-order valence-electron chi connectivity index (χ1n) is 8.68. The van der Waals surface area contributed by atoms with Crippen LogP contribution in [-0.2, 0) is 11.3 Å². The van der Waals surface area contributed by atoms with Gasteiger partial charge in [0.25, 0.3) is 0 Å². The number of nitriles is 1. The molecule has 0 saturated carbocycles. The number of hydrogen-bond acceptors (Lipinski definition) is 6. The zero-order valence-corrected chi connectivity index (χ0v) is 14.9. The zero-order valence-electron chi connectivity index (χ0n) is 14.9. The third-order valence-corrected chi connectivity index (χ3v) is 4.51. The van der Waals surface area contributed by atoms with Gasteiger partial charge in [0.15, 0.2) is 6.23 Å². The van der Waals surface area contributed by atoms with E-state index in [2.05, 4.69) is 21.3 Å². The topological polar surface area (TPSA) is 76.2 Å². The molecule has 0 amide bonds. The number of ether oxygens (including phenoxy) is 2. The van der Waals surface area contributed by atoms with E-state index in [1.54, 1.807) is 17.9 Å². The van der Waals surface area contributed by atoms with Crippen LogP contribution in [0.2, 0.25) is 0 Å². The minimum absolute atomic E-state index is 0.266. The molecule has 1 atom stereocenters. The third-order valence-electron chi connectivity index (χ3n) is 4.51. The first kappa shape index (κ1) is 17.1. The van der Waals surface area contributed by atoms with Crippen molar-refractivity contribution >= 4 is 5.69 Å². The summed E-state index contributed by atoms with van der Waals surface area (Å²) >= 11 is 0. The lowest BCUT2D eigenvalue weighted by Crippen LogP contribution is -2.23. The average Bonchev–Trinajstić information content (AvgIpc) is 3.37. The molecule has 1 aliphatic rings. The first-order valence-corrected chi connectivity index (χ1v) is 8.68. The lowest BCUT2D eigenvalue weighted by molar-refractivity contribution is 0.110. The molecule has 0 unspecified atom stereocenters. The number of hydrogen-bond donors (Lipinski definition) is 0. The minimum Gasteiger partial charge on any atom is -0.497 e. The first-order chi connectivity index (χ1) is 13.3. The standard InChI is InChI=1S/C20H19N5O2/c1-26-18-7-5-17(6-8-18)25-9-10-27-20(25)19-14-24(23-22-19)13-16-4-2-3-15(11-16)12-21/h2-8,11,14,20H,9-10,13H2,1H3/t20-/m1/s1. The molecule has 1 saturated heterocycles. The summed E-state index contributed by atoms with van der Waals surface area (Å²) in [5.41, 5.74) is 3.46. The Bertz CT molecular complexity index is 961. The van der Waals surface area contributed by atoms with Gasteiger partial charge in [0.2, 0.25) is 0 Å². The summed E-state index contributed by atoms with van der Waals surface area (Å²) in [7, 11) is 1.65. The van der Waals surface area contributed by atoms with E-state index in [-0.39, 0.29) is 6.23 Å². The van der Waals surface area contributed by atoms with Crippen molar-refractivity contribution in [3.63, 3.8) is 0 Å². The van der Waals surface area contributed by atoms with Crippen molar-refractivity contribution in [2.75, 3.05) is 25.2 Å². The lowest BCUT2D eigenvalue weighted by Gasteiger charge is -2.23. The number of nitrogens with zero attached hydrogens (tertiary/aromatic N) is 5. The highest BCUT2D eigenvalue weighted by Gasteiger charge is 2.29. The molecule has 2 aromatic carbocycles. The molecule has 0 N–H and O–H groups in total. The summed E-state index contributed by atoms with van der Waals surface area (Å²) in [6, 6.07) is 17.5. The van der Waals surface area contributed by atoms with Crippen LogP contribution in [0.3, 0.4) is 0 Å². The molecule has 3 aromatic rings. The summed E-state index contributed by atoms with van der Waals surface area (Å²) < 4.78 is 12.9. The van der Waals surface area contributed by atoms with Gasteiger partial charge < -0.3 is 14.4 Å². The number of benzene rings is 2. The molecular weight excluding hydrogens is 342 g/mol. The molecule has 1 aromatic heterocycles. The van der Waals surface area contributed by atoms with E-state index in [0.717, 1.165) is 29.2 Å². The monoisotopic (exact) mass is 361 g/mol. The fourth-order valence-corrected chi connectivity index (χ4v) is 3.18. The SMILES string of the molecule is COc1ccc(N2CCO[C@@H]2c2cn(Cc3cccc(C#N)c3)nn2)cc1. The van der Waals surface area contributed by atoms with E-state index in [1.165, 1.54) is 0 Å².